The Morgan fingerprint density at radius 2 is 0.510 bits per heavy atom. The van der Waals surface area contributed by atoms with E-state index in [0.29, 0.717) is 19.8 Å². The topological polar surface area (TPSA) is 268 Å². The van der Waals surface area contributed by atoms with Gasteiger partial charge in [0.25, 0.3) is 0 Å². The zero-order chi connectivity index (χ0) is 79.2. The van der Waals surface area contributed by atoms with Crippen molar-refractivity contribution in [1.29, 1.82) is 0 Å². The molecule has 1 rings (SSSR count). The maximum Gasteiger partial charge on any atom is 0.323 e. The van der Waals surface area contributed by atoms with Crippen molar-refractivity contribution in [3.05, 3.63) is 0 Å². The SMILES string of the molecule is CC(C)OC(=O)[C@H](C)NC(C)(C)C.CCOC(=O)[C@H](C)NC(C)(C)C.CC[C@@H](C)OC(=O)[C@H](C)NC(C)(C)C.CC[C@H](C)OC(=O)[C@H](C)NC(C)(C)C.C[C@H](NC(C)(C)C)C(=O)OC1CCCC1.C[C@H](NC(C)(C)C)C(=O)OCC(C)(C)C.C[C@H](NC(C)(C)C)C(=O)OCC(C)(C)C. The average Bonchev–Trinajstić information content (AvgIpc) is 1.45. The van der Waals surface area contributed by atoms with Gasteiger partial charge in [0.2, 0.25) is 0 Å². The third kappa shape index (κ3) is 74.7. The van der Waals surface area contributed by atoms with Crippen LogP contribution < -0.4 is 37.2 Å². The Hall–Kier alpha value is -3.99. The molecule has 1 fully saturated rings. The summed E-state index contributed by atoms with van der Waals surface area (Å²) in [7, 11) is 0. The Kier molecular flexibility index (Phi) is 52.3. The van der Waals surface area contributed by atoms with Crippen LogP contribution in [0.5, 0.6) is 0 Å². The molecule has 98 heavy (non-hydrogen) atoms. The number of carbonyl (C=O) groups excluding carboxylic acids is 7. The van der Waals surface area contributed by atoms with Crippen molar-refractivity contribution in [2.75, 3.05) is 19.8 Å². The van der Waals surface area contributed by atoms with E-state index in [2.05, 4.69) is 37.2 Å². The van der Waals surface area contributed by atoms with E-state index in [4.69, 9.17) is 33.2 Å². The molecule has 21 nitrogen and oxygen atoms in total. The van der Waals surface area contributed by atoms with E-state index in [1.54, 1.807) is 0 Å². The normalized spacial score (nSPS) is 15.9. The molecule has 7 N–H and O–H groups in total. The first-order valence-electron chi connectivity index (χ1n) is 36.3. The van der Waals surface area contributed by atoms with Crippen LogP contribution in [0.1, 0.15) is 322 Å². The van der Waals surface area contributed by atoms with Crippen molar-refractivity contribution in [3.8, 4) is 0 Å². The third-order valence-corrected chi connectivity index (χ3v) is 12.3. The molecule has 0 radical (unpaired) electrons. The molecule has 1 saturated carbocycles. The van der Waals surface area contributed by atoms with Crippen LogP contribution in [0.15, 0.2) is 0 Å². The van der Waals surface area contributed by atoms with Gasteiger partial charge in [-0.3, -0.25) is 70.8 Å². The first-order chi connectivity index (χ1) is 43.5. The van der Waals surface area contributed by atoms with Crippen LogP contribution >= 0.6 is 0 Å². The Morgan fingerprint density at radius 3 is 0.704 bits per heavy atom. The lowest BCUT2D eigenvalue weighted by molar-refractivity contribution is -0.152. The lowest BCUT2D eigenvalue weighted by Gasteiger charge is -2.26. The summed E-state index contributed by atoms with van der Waals surface area (Å²) in [4.78, 5) is 80.4. The Morgan fingerprint density at radius 1 is 0.306 bits per heavy atom. The number of hydrogen-bond donors (Lipinski definition) is 7. The van der Waals surface area contributed by atoms with Crippen molar-refractivity contribution < 1.29 is 66.7 Å². The zero-order valence-electron chi connectivity index (χ0n) is 70.9. The summed E-state index contributed by atoms with van der Waals surface area (Å²) >= 11 is 0. The number of carbonyl (C=O) groups is 7. The van der Waals surface area contributed by atoms with Gasteiger partial charge < -0.3 is 33.2 Å². The van der Waals surface area contributed by atoms with Gasteiger partial charge in [0.1, 0.15) is 48.4 Å². The number of ether oxygens (including phenoxy) is 7. The second-order valence-electron chi connectivity index (χ2n) is 36.0. The zero-order valence-corrected chi connectivity index (χ0v) is 70.9. The van der Waals surface area contributed by atoms with Crippen molar-refractivity contribution in [2.24, 2.45) is 10.8 Å². The van der Waals surface area contributed by atoms with Gasteiger partial charge in [0.05, 0.1) is 38.1 Å². The van der Waals surface area contributed by atoms with E-state index in [1.165, 1.54) is 12.8 Å². The molecular weight excluding hydrogens is 1250 g/mol. The van der Waals surface area contributed by atoms with Crippen LogP contribution in [0.3, 0.4) is 0 Å². The molecule has 0 aromatic rings. The first-order valence-corrected chi connectivity index (χ1v) is 36.3. The summed E-state index contributed by atoms with van der Waals surface area (Å²) in [6, 6.07) is -1.70. The Labute approximate surface area is 601 Å². The molecule has 0 amide bonds. The number of hydrogen-bond acceptors (Lipinski definition) is 21. The maximum atomic E-state index is 11.7. The molecule has 586 valence electrons. The molecule has 1 aliphatic rings. The highest BCUT2D eigenvalue weighted by atomic mass is 16.6. The van der Waals surface area contributed by atoms with Crippen LogP contribution in [0.25, 0.3) is 0 Å². The molecular formula is C77H159N7O14. The van der Waals surface area contributed by atoms with E-state index in [-0.39, 0.29) is 158 Å². The second kappa shape index (κ2) is 48.8. The molecule has 0 heterocycles. The number of rotatable bonds is 23. The van der Waals surface area contributed by atoms with Gasteiger partial charge in [0.15, 0.2) is 0 Å². The van der Waals surface area contributed by atoms with Crippen LogP contribution in [0.2, 0.25) is 0 Å². The number of esters is 7. The largest absolute Gasteiger partial charge is 0.465 e. The molecule has 0 bridgehead atoms. The Bertz CT molecular complexity index is 2080. The molecule has 0 aromatic heterocycles. The van der Waals surface area contributed by atoms with Crippen molar-refractivity contribution in [2.45, 2.75) is 428 Å². The minimum absolute atomic E-state index is 0.00622. The smallest absolute Gasteiger partial charge is 0.323 e. The highest BCUT2D eigenvalue weighted by molar-refractivity contribution is 5.78. The third-order valence-electron chi connectivity index (χ3n) is 12.3. The van der Waals surface area contributed by atoms with E-state index >= 15 is 0 Å². The minimum Gasteiger partial charge on any atom is -0.465 e. The molecule has 0 unspecified atom stereocenters. The van der Waals surface area contributed by atoms with E-state index in [9.17, 15) is 33.6 Å². The van der Waals surface area contributed by atoms with Crippen molar-refractivity contribution in [3.63, 3.8) is 0 Å². The minimum atomic E-state index is -0.257. The quantitative estimate of drug-likeness (QED) is 0.0370. The maximum absolute atomic E-state index is 11.7. The molecule has 0 aromatic carbocycles. The van der Waals surface area contributed by atoms with Crippen LogP contribution in [0, 0.1) is 10.8 Å². The van der Waals surface area contributed by atoms with Gasteiger partial charge in [-0.1, -0.05) is 55.4 Å². The van der Waals surface area contributed by atoms with E-state index in [0.717, 1.165) is 25.7 Å². The predicted molar refractivity (Wildman–Crippen MR) is 405 cm³/mol. The van der Waals surface area contributed by atoms with Crippen LogP contribution in [0.4, 0.5) is 0 Å². The van der Waals surface area contributed by atoms with Crippen molar-refractivity contribution in [1.82, 2.24) is 37.2 Å². The summed E-state index contributed by atoms with van der Waals surface area (Å²) in [5.41, 5.74) is -0.369. The standard InChI is InChI=1S/C12H23NO2.2C12H25NO2.2C11H23NO2.C10H21NO2.C9H19NO2/c1-9(13-12(2,3)4)11(14)15-10-7-5-6-8-10;2*1-9(13-12(5,6)7)10(14)15-8-11(2,3)4;2*1-7-8(2)14-10(13)9(3)12-11(4,5)6;1-7(2)13-9(12)8(3)11-10(4,5)6;1-6-12-8(11)7(2)10-9(3,4)5/h9-10,13H,5-8H2,1-4H3;2*9,13H,8H2,1-7H3;2*8-9,12H,7H2,1-6H3;7-8,11H,1-6H3;7,10H,6H2,1-5H3/t3*9-;8-,9+;8-,9-;8-;7-/m0001000/s1. The summed E-state index contributed by atoms with van der Waals surface area (Å²) in [5.74, 6) is -1.20. The van der Waals surface area contributed by atoms with Gasteiger partial charge in [-0.05, 0) is 278 Å². The molecule has 0 saturated heterocycles. The monoisotopic (exact) mass is 1410 g/mol. The molecule has 1 aliphatic carbocycles. The molecule has 0 spiro atoms. The Balaban J connectivity index is -0.000000252. The first kappa shape index (κ1) is 105. The second-order valence-corrected chi connectivity index (χ2v) is 36.0. The molecule has 9 atom stereocenters. The summed E-state index contributed by atoms with van der Waals surface area (Å²) < 4.78 is 36.2. The predicted octanol–water partition coefficient (Wildman–Crippen LogP) is 14.2. The lowest BCUT2D eigenvalue weighted by Crippen LogP contribution is -2.47. The highest BCUT2D eigenvalue weighted by Gasteiger charge is 2.29. The van der Waals surface area contributed by atoms with Crippen LogP contribution in [-0.4, -0.2) is 167 Å². The van der Waals surface area contributed by atoms with Crippen LogP contribution in [-0.2, 0) is 66.7 Å². The van der Waals surface area contributed by atoms with Gasteiger partial charge in [-0.25, -0.2) is 0 Å². The highest BCUT2D eigenvalue weighted by Crippen LogP contribution is 2.22. The number of nitrogens with one attached hydrogen (secondary N) is 7. The fourth-order valence-electron chi connectivity index (χ4n) is 8.43. The van der Waals surface area contributed by atoms with Gasteiger partial charge in [-0.2, -0.15) is 0 Å². The molecule has 0 aliphatic heterocycles. The summed E-state index contributed by atoms with van der Waals surface area (Å²) in [5, 5.41) is 22.2. The van der Waals surface area contributed by atoms with E-state index < -0.39 is 0 Å². The van der Waals surface area contributed by atoms with Gasteiger partial charge >= 0.3 is 41.8 Å². The van der Waals surface area contributed by atoms with Crippen molar-refractivity contribution >= 4 is 41.8 Å². The fourth-order valence-corrected chi connectivity index (χ4v) is 8.43. The summed E-state index contributed by atoms with van der Waals surface area (Å²) in [6.45, 7) is 82.3. The average molecular weight is 1410 g/mol. The van der Waals surface area contributed by atoms with E-state index in [1.807, 2.05) is 284 Å². The van der Waals surface area contributed by atoms with Gasteiger partial charge in [0, 0.05) is 38.8 Å². The van der Waals surface area contributed by atoms with Gasteiger partial charge in [-0.15, -0.1) is 0 Å². The summed E-state index contributed by atoms with van der Waals surface area (Å²) in [6.07, 6.45) is 6.30. The lowest BCUT2D eigenvalue weighted by atomic mass is 9.99. The molecule has 21 heteroatoms. The fraction of sp³-hybridized carbons (Fsp3) is 0.909.